The lowest BCUT2D eigenvalue weighted by Crippen LogP contribution is -1.86. The Labute approximate surface area is 104 Å². The van der Waals surface area contributed by atoms with Gasteiger partial charge in [-0.15, -0.1) is 0 Å². The summed E-state index contributed by atoms with van der Waals surface area (Å²) in [4.78, 5) is 17.1. The van der Waals surface area contributed by atoms with Crippen molar-refractivity contribution >= 4 is 33.8 Å². The topological polar surface area (TPSA) is 45.8 Å². The lowest BCUT2D eigenvalue weighted by atomic mass is 10.1. The first-order valence-electron chi connectivity index (χ1n) is 4.28. The number of carbonyl (C=O) groups is 1. The third kappa shape index (κ3) is 2.01. The highest BCUT2D eigenvalue weighted by molar-refractivity contribution is 9.10. The second-order valence-electron chi connectivity index (χ2n) is 3.03. The minimum Gasteiger partial charge on any atom is -0.330 e. The fourth-order valence-corrected chi connectivity index (χ4v) is 1.95. The van der Waals surface area contributed by atoms with Crippen LogP contribution in [0.25, 0.3) is 11.3 Å². The Hall–Kier alpha value is -1.20. The van der Waals surface area contributed by atoms with Gasteiger partial charge >= 0.3 is 0 Å². The molecule has 0 fully saturated rings. The van der Waals surface area contributed by atoms with E-state index in [4.69, 9.17) is 11.6 Å². The fourth-order valence-electron chi connectivity index (χ4n) is 1.28. The maximum absolute atomic E-state index is 13.6. The molecule has 0 amide bonds. The summed E-state index contributed by atoms with van der Waals surface area (Å²) in [5.41, 5.74) is 0.622. The average molecular weight is 304 g/mol. The van der Waals surface area contributed by atoms with Crippen molar-refractivity contribution in [2.75, 3.05) is 0 Å². The number of carbonyl (C=O) groups excluding carboxylic acids is 1. The van der Waals surface area contributed by atoms with Crippen molar-refractivity contribution in [2.24, 2.45) is 0 Å². The maximum Gasteiger partial charge on any atom is 0.185 e. The van der Waals surface area contributed by atoms with Crippen LogP contribution in [-0.2, 0) is 0 Å². The molecule has 0 aliphatic heterocycles. The summed E-state index contributed by atoms with van der Waals surface area (Å²) in [6, 6.07) is 4.26. The van der Waals surface area contributed by atoms with Gasteiger partial charge in [0.2, 0.25) is 0 Å². The molecule has 1 aromatic carbocycles. The molecule has 2 aromatic rings. The van der Waals surface area contributed by atoms with Gasteiger partial charge in [0, 0.05) is 10.6 Å². The number of aldehydes is 1. The highest BCUT2D eigenvalue weighted by Crippen LogP contribution is 2.29. The van der Waals surface area contributed by atoms with Crippen molar-refractivity contribution in [3.05, 3.63) is 39.5 Å². The van der Waals surface area contributed by atoms with Crippen molar-refractivity contribution in [3.8, 4) is 11.3 Å². The van der Waals surface area contributed by atoms with Gasteiger partial charge in [0.05, 0.1) is 0 Å². The Morgan fingerprint density at radius 2 is 2.25 bits per heavy atom. The van der Waals surface area contributed by atoms with Gasteiger partial charge in [0.1, 0.15) is 16.1 Å². The summed E-state index contributed by atoms with van der Waals surface area (Å²) in [5, 5.41) is 0.309. The number of aromatic nitrogens is 2. The minimum atomic E-state index is -0.489. The number of nitrogens with one attached hydrogen (secondary N) is 1. The number of benzene rings is 1. The molecule has 1 heterocycles. The molecule has 0 aliphatic rings. The van der Waals surface area contributed by atoms with Crippen molar-refractivity contribution in [1.82, 2.24) is 9.97 Å². The quantitative estimate of drug-likeness (QED) is 0.864. The van der Waals surface area contributed by atoms with Gasteiger partial charge in [0.15, 0.2) is 12.1 Å². The third-order valence-electron chi connectivity index (χ3n) is 1.98. The molecule has 1 N–H and O–H groups in total. The molecule has 0 aliphatic carbocycles. The SMILES string of the molecule is O=Cc1nc(-c2ccc(Cl)cc2F)c(Br)[nH]1. The molecule has 16 heavy (non-hydrogen) atoms. The number of imidazole rings is 1. The monoisotopic (exact) mass is 302 g/mol. The Morgan fingerprint density at radius 1 is 1.50 bits per heavy atom. The van der Waals surface area contributed by atoms with E-state index in [0.717, 1.165) is 0 Å². The van der Waals surface area contributed by atoms with Crippen LogP contribution >= 0.6 is 27.5 Å². The number of hydrogen-bond donors (Lipinski definition) is 1. The van der Waals surface area contributed by atoms with Crippen LogP contribution in [-0.4, -0.2) is 16.3 Å². The van der Waals surface area contributed by atoms with Crippen LogP contribution in [0.1, 0.15) is 10.6 Å². The molecule has 0 radical (unpaired) electrons. The van der Waals surface area contributed by atoms with Gasteiger partial charge in [-0.1, -0.05) is 11.6 Å². The zero-order valence-electron chi connectivity index (χ0n) is 7.80. The molecular weight excluding hydrogens is 298 g/mol. The normalized spacial score (nSPS) is 10.4. The zero-order valence-corrected chi connectivity index (χ0v) is 10.1. The summed E-state index contributed by atoms with van der Waals surface area (Å²) >= 11 is 8.81. The van der Waals surface area contributed by atoms with E-state index in [9.17, 15) is 9.18 Å². The predicted octanol–water partition coefficient (Wildman–Crippen LogP) is 3.44. The molecule has 0 spiro atoms. The molecule has 2 rings (SSSR count). The molecule has 0 atom stereocenters. The number of H-pyrrole nitrogens is 1. The van der Waals surface area contributed by atoms with Gasteiger partial charge in [-0.05, 0) is 34.1 Å². The van der Waals surface area contributed by atoms with Crippen molar-refractivity contribution in [2.45, 2.75) is 0 Å². The molecule has 3 nitrogen and oxygen atoms in total. The minimum absolute atomic E-state index is 0.135. The van der Waals surface area contributed by atoms with Gasteiger partial charge in [-0.25, -0.2) is 9.37 Å². The van der Waals surface area contributed by atoms with E-state index in [-0.39, 0.29) is 11.4 Å². The molecule has 0 bridgehead atoms. The Morgan fingerprint density at radius 3 is 2.81 bits per heavy atom. The summed E-state index contributed by atoms with van der Waals surface area (Å²) in [5.74, 6) is -0.353. The van der Waals surface area contributed by atoms with E-state index in [1.165, 1.54) is 12.1 Å². The summed E-state index contributed by atoms with van der Waals surface area (Å²) in [7, 11) is 0. The van der Waals surface area contributed by atoms with Gasteiger partial charge in [0.25, 0.3) is 0 Å². The fraction of sp³-hybridized carbons (Fsp3) is 0. The highest BCUT2D eigenvalue weighted by atomic mass is 79.9. The Balaban J connectivity index is 2.57. The van der Waals surface area contributed by atoms with Crippen molar-refractivity contribution in [1.29, 1.82) is 0 Å². The Kier molecular flexibility index (Phi) is 3.07. The number of halogens is 3. The summed E-state index contributed by atoms with van der Waals surface area (Å²) < 4.78 is 14.0. The predicted molar refractivity (Wildman–Crippen MR) is 62.1 cm³/mol. The first-order valence-corrected chi connectivity index (χ1v) is 5.45. The molecule has 1 aromatic heterocycles. The standard InChI is InChI=1S/C10H5BrClFN2O/c11-10-9(14-8(4-16)15-10)6-2-1-5(12)3-7(6)13/h1-4H,(H,14,15). The van der Waals surface area contributed by atoms with E-state index < -0.39 is 5.82 Å². The molecule has 0 saturated heterocycles. The van der Waals surface area contributed by atoms with E-state index in [2.05, 4.69) is 25.9 Å². The van der Waals surface area contributed by atoms with Crippen LogP contribution in [0.2, 0.25) is 5.02 Å². The summed E-state index contributed by atoms with van der Waals surface area (Å²) in [6.07, 6.45) is 0.558. The summed E-state index contributed by atoms with van der Waals surface area (Å²) in [6.45, 7) is 0. The van der Waals surface area contributed by atoms with E-state index >= 15 is 0 Å². The van der Waals surface area contributed by atoms with Gasteiger partial charge < -0.3 is 4.98 Å². The lowest BCUT2D eigenvalue weighted by Gasteiger charge is -2.00. The van der Waals surface area contributed by atoms with Crippen LogP contribution in [0.3, 0.4) is 0 Å². The third-order valence-corrected chi connectivity index (χ3v) is 2.78. The van der Waals surface area contributed by atoms with Gasteiger partial charge in [-0.3, -0.25) is 4.79 Å². The van der Waals surface area contributed by atoms with Crippen molar-refractivity contribution < 1.29 is 9.18 Å². The Bertz CT molecular complexity index is 556. The molecule has 6 heteroatoms. The van der Waals surface area contributed by atoms with Crippen LogP contribution in [0.15, 0.2) is 22.8 Å². The second kappa shape index (κ2) is 4.35. The highest BCUT2D eigenvalue weighted by Gasteiger charge is 2.13. The number of hydrogen-bond acceptors (Lipinski definition) is 2. The smallest absolute Gasteiger partial charge is 0.185 e. The first kappa shape index (κ1) is 11.3. The van der Waals surface area contributed by atoms with Crippen LogP contribution < -0.4 is 0 Å². The lowest BCUT2D eigenvalue weighted by molar-refractivity contribution is 0.111. The zero-order chi connectivity index (χ0) is 11.7. The van der Waals surface area contributed by atoms with Crippen LogP contribution in [0.4, 0.5) is 4.39 Å². The molecule has 0 saturated carbocycles. The molecular formula is C10H5BrClFN2O. The van der Waals surface area contributed by atoms with Crippen LogP contribution in [0.5, 0.6) is 0 Å². The van der Waals surface area contributed by atoms with Crippen LogP contribution in [0, 0.1) is 5.82 Å². The second-order valence-corrected chi connectivity index (χ2v) is 4.26. The molecule has 0 unspecified atom stereocenters. The molecule has 82 valence electrons. The average Bonchev–Trinajstić information content (AvgIpc) is 2.60. The first-order chi connectivity index (χ1) is 7.61. The van der Waals surface area contributed by atoms with Crippen molar-refractivity contribution in [3.63, 3.8) is 0 Å². The van der Waals surface area contributed by atoms with E-state index in [0.29, 0.717) is 21.6 Å². The van der Waals surface area contributed by atoms with E-state index in [1.54, 1.807) is 6.07 Å². The largest absolute Gasteiger partial charge is 0.330 e. The van der Waals surface area contributed by atoms with Gasteiger partial charge in [-0.2, -0.15) is 0 Å². The number of rotatable bonds is 2. The number of aromatic amines is 1. The maximum atomic E-state index is 13.6. The number of nitrogens with zero attached hydrogens (tertiary/aromatic N) is 1. The van der Waals surface area contributed by atoms with E-state index in [1.807, 2.05) is 0 Å².